The summed E-state index contributed by atoms with van der Waals surface area (Å²) in [6.45, 7) is 8.14. The number of benzene rings is 2. The van der Waals surface area contributed by atoms with E-state index in [4.69, 9.17) is 0 Å². The van der Waals surface area contributed by atoms with E-state index in [2.05, 4.69) is 10.0 Å². The minimum Gasteiger partial charge on any atom is -0.353 e. The van der Waals surface area contributed by atoms with Crippen LogP contribution in [-0.4, -0.2) is 44.3 Å². The average Bonchev–Trinajstić information content (AvgIpc) is 2.76. The molecule has 1 atom stereocenters. The molecule has 2 aromatic rings. The zero-order valence-electron chi connectivity index (χ0n) is 19.7. The van der Waals surface area contributed by atoms with Crippen molar-refractivity contribution in [3.8, 4) is 0 Å². The molecule has 0 fully saturated rings. The topological polar surface area (TPSA) is 95.6 Å². The van der Waals surface area contributed by atoms with Crippen LogP contribution in [0.15, 0.2) is 47.4 Å². The van der Waals surface area contributed by atoms with E-state index in [1.807, 2.05) is 51.1 Å². The lowest BCUT2D eigenvalue weighted by atomic mass is 9.92. The molecule has 2 aromatic carbocycles. The van der Waals surface area contributed by atoms with Crippen LogP contribution in [0.3, 0.4) is 0 Å². The second kappa shape index (κ2) is 10.5. The molecule has 0 bridgehead atoms. The maximum Gasteiger partial charge on any atom is 0.243 e. The first-order chi connectivity index (χ1) is 15.6. The Morgan fingerprint density at radius 1 is 1.06 bits per heavy atom. The lowest BCUT2D eigenvalue weighted by Gasteiger charge is -2.36. The molecular formula is C25H33N3O4S. The highest BCUT2D eigenvalue weighted by molar-refractivity contribution is 7.89. The molecule has 0 aromatic heterocycles. The Hall–Kier alpha value is -2.71. The van der Waals surface area contributed by atoms with Crippen LogP contribution in [0.25, 0.3) is 0 Å². The van der Waals surface area contributed by atoms with E-state index in [-0.39, 0.29) is 35.7 Å². The van der Waals surface area contributed by atoms with Crippen molar-refractivity contribution < 1.29 is 18.0 Å². The molecule has 3 rings (SSSR count). The van der Waals surface area contributed by atoms with Gasteiger partial charge in [0.05, 0.1) is 4.90 Å². The summed E-state index contributed by atoms with van der Waals surface area (Å²) in [6, 6.07) is 12.5. The fraction of sp³-hybridized carbons (Fsp3) is 0.440. The maximum absolute atomic E-state index is 13.0. The number of aryl methyl sites for hydroxylation is 2. The van der Waals surface area contributed by atoms with E-state index in [0.29, 0.717) is 24.9 Å². The third-order valence-corrected chi connectivity index (χ3v) is 7.41. The molecule has 1 heterocycles. The summed E-state index contributed by atoms with van der Waals surface area (Å²) in [6.07, 6.45) is 0.821. The Balaban J connectivity index is 1.64. The Morgan fingerprint density at radius 3 is 2.45 bits per heavy atom. The van der Waals surface area contributed by atoms with Crippen molar-refractivity contribution >= 4 is 21.8 Å². The highest BCUT2D eigenvalue weighted by atomic mass is 32.2. The average molecular weight is 472 g/mol. The van der Waals surface area contributed by atoms with Gasteiger partial charge in [0.2, 0.25) is 21.8 Å². The van der Waals surface area contributed by atoms with Crippen molar-refractivity contribution in [2.24, 2.45) is 5.92 Å². The second-order valence-corrected chi connectivity index (χ2v) is 10.8. The van der Waals surface area contributed by atoms with Crippen LogP contribution >= 0.6 is 0 Å². The minimum atomic E-state index is -3.68. The first-order valence-electron chi connectivity index (χ1n) is 11.3. The number of hydrogen-bond acceptors (Lipinski definition) is 4. The van der Waals surface area contributed by atoms with Crippen molar-refractivity contribution in [3.63, 3.8) is 0 Å². The molecule has 1 unspecified atom stereocenters. The van der Waals surface area contributed by atoms with Crippen molar-refractivity contribution in [2.75, 3.05) is 13.1 Å². The Labute approximate surface area is 196 Å². The molecule has 0 saturated carbocycles. The van der Waals surface area contributed by atoms with Gasteiger partial charge in [-0.25, -0.2) is 13.1 Å². The van der Waals surface area contributed by atoms with Crippen molar-refractivity contribution in [2.45, 2.75) is 58.0 Å². The molecule has 1 aliphatic heterocycles. The normalized spacial score (nSPS) is 15.9. The summed E-state index contributed by atoms with van der Waals surface area (Å²) in [5, 5.41) is 2.81. The van der Waals surface area contributed by atoms with E-state index >= 15 is 0 Å². The number of sulfonamides is 1. The van der Waals surface area contributed by atoms with Crippen LogP contribution in [0.2, 0.25) is 0 Å². The minimum absolute atomic E-state index is 0.0460. The lowest BCUT2D eigenvalue weighted by Crippen LogP contribution is -2.53. The molecule has 1 aliphatic rings. The van der Waals surface area contributed by atoms with Gasteiger partial charge >= 0.3 is 0 Å². The number of hydrogen-bond donors (Lipinski definition) is 2. The molecule has 0 spiro atoms. The van der Waals surface area contributed by atoms with Gasteiger partial charge in [-0.1, -0.05) is 50.2 Å². The third kappa shape index (κ3) is 6.21. The highest BCUT2D eigenvalue weighted by Crippen LogP contribution is 2.25. The molecule has 8 heteroatoms. The molecule has 0 saturated heterocycles. The first-order valence-corrected chi connectivity index (χ1v) is 12.8. The van der Waals surface area contributed by atoms with Crippen LogP contribution in [0, 0.1) is 19.8 Å². The van der Waals surface area contributed by atoms with Gasteiger partial charge in [-0.05, 0) is 48.1 Å². The number of amides is 2. The maximum atomic E-state index is 13.0. The smallest absolute Gasteiger partial charge is 0.243 e. The number of carbonyl (C=O) groups excluding carboxylic acids is 2. The SMILES string of the molecule is Cc1ccc(C)c(S(=O)(=O)NCCNC(=O)C2Cc3ccccc3CN2C(=O)CC(C)C)c1. The highest BCUT2D eigenvalue weighted by Gasteiger charge is 2.34. The van der Waals surface area contributed by atoms with Gasteiger partial charge in [0.1, 0.15) is 6.04 Å². The largest absolute Gasteiger partial charge is 0.353 e. The molecular weight excluding hydrogens is 438 g/mol. The number of fused-ring (bicyclic) bond motifs is 1. The molecule has 0 radical (unpaired) electrons. The predicted octanol–water partition coefficient (Wildman–Crippen LogP) is 2.70. The van der Waals surface area contributed by atoms with Crippen molar-refractivity contribution in [1.29, 1.82) is 0 Å². The van der Waals surface area contributed by atoms with E-state index in [0.717, 1.165) is 16.7 Å². The number of rotatable bonds is 8. The zero-order valence-corrected chi connectivity index (χ0v) is 20.5. The van der Waals surface area contributed by atoms with E-state index < -0.39 is 16.1 Å². The zero-order chi connectivity index (χ0) is 24.2. The number of nitrogens with zero attached hydrogens (tertiary/aromatic N) is 1. The van der Waals surface area contributed by atoms with Crippen LogP contribution in [0.1, 0.15) is 42.5 Å². The fourth-order valence-electron chi connectivity index (χ4n) is 4.05. The third-order valence-electron chi connectivity index (χ3n) is 5.80. The van der Waals surface area contributed by atoms with Gasteiger partial charge in [-0.3, -0.25) is 9.59 Å². The van der Waals surface area contributed by atoms with Gasteiger partial charge in [-0.15, -0.1) is 0 Å². The second-order valence-electron chi connectivity index (χ2n) is 9.07. The van der Waals surface area contributed by atoms with Crippen molar-refractivity contribution in [1.82, 2.24) is 14.9 Å². The molecule has 0 aliphatic carbocycles. The van der Waals surface area contributed by atoms with Crippen LogP contribution in [0.4, 0.5) is 0 Å². The van der Waals surface area contributed by atoms with E-state index in [9.17, 15) is 18.0 Å². The summed E-state index contributed by atoms with van der Waals surface area (Å²) < 4.78 is 27.9. The molecule has 7 nitrogen and oxygen atoms in total. The lowest BCUT2D eigenvalue weighted by molar-refractivity contribution is -0.142. The van der Waals surface area contributed by atoms with E-state index in [1.165, 1.54) is 0 Å². The molecule has 178 valence electrons. The molecule has 33 heavy (non-hydrogen) atoms. The Morgan fingerprint density at radius 2 is 1.76 bits per heavy atom. The fourth-order valence-corrected chi connectivity index (χ4v) is 5.41. The molecule has 2 amide bonds. The summed E-state index contributed by atoms with van der Waals surface area (Å²) in [4.78, 5) is 27.8. The van der Waals surface area contributed by atoms with Crippen LogP contribution in [0.5, 0.6) is 0 Å². The Kier molecular flexibility index (Phi) is 7.92. The van der Waals surface area contributed by atoms with Gasteiger partial charge < -0.3 is 10.2 Å². The summed E-state index contributed by atoms with van der Waals surface area (Å²) in [5.41, 5.74) is 3.64. The monoisotopic (exact) mass is 471 g/mol. The standard InChI is InChI=1S/C25H33N3O4S/c1-17(2)13-24(29)28-16-21-8-6-5-7-20(21)15-22(28)25(30)26-11-12-27-33(31,32)23-14-18(3)9-10-19(23)4/h5-10,14,17,22,27H,11-13,15-16H2,1-4H3,(H,26,30). The summed E-state index contributed by atoms with van der Waals surface area (Å²) >= 11 is 0. The van der Waals surface area contributed by atoms with Gasteiger partial charge in [0, 0.05) is 32.5 Å². The van der Waals surface area contributed by atoms with Gasteiger partial charge in [-0.2, -0.15) is 0 Å². The number of carbonyl (C=O) groups is 2. The predicted molar refractivity (Wildman–Crippen MR) is 128 cm³/mol. The van der Waals surface area contributed by atoms with Gasteiger partial charge in [0.25, 0.3) is 0 Å². The molecule has 2 N–H and O–H groups in total. The van der Waals surface area contributed by atoms with Crippen LogP contribution in [-0.2, 0) is 32.6 Å². The van der Waals surface area contributed by atoms with Crippen molar-refractivity contribution in [3.05, 3.63) is 64.7 Å². The van der Waals surface area contributed by atoms with Crippen LogP contribution < -0.4 is 10.0 Å². The summed E-state index contributed by atoms with van der Waals surface area (Å²) in [7, 11) is -3.68. The van der Waals surface area contributed by atoms with E-state index in [1.54, 1.807) is 24.0 Å². The number of nitrogens with one attached hydrogen (secondary N) is 2. The Bertz CT molecular complexity index is 1130. The summed E-state index contributed by atoms with van der Waals surface area (Å²) in [5.74, 6) is -0.124. The van der Waals surface area contributed by atoms with Gasteiger partial charge in [0.15, 0.2) is 0 Å². The first kappa shape index (κ1) is 24.9. The quantitative estimate of drug-likeness (QED) is 0.579.